The van der Waals surface area contributed by atoms with Gasteiger partial charge in [0, 0.05) is 12.7 Å². The molecule has 0 fully saturated rings. The normalized spacial score (nSPS) is 11.1. The average Bonchev–Trinajstić information content (AvgIpc) is 2.61. The van der Waals surface area contributed by atoms with Gasteiger partial charge in [0.05, 0.1) is 30.7 Å². The third-order valence-corrected chi connectivity index (χ3v) is 4.89. The van der Waals surface area contributed by atoms with Crippen LogP contribution in [0.1, 0.15) is 22.3 Å². The SMILES string of the molecule is COc1ccc(C(=O)O)c(NS(=O)(=O)CCCOCc2ccccc2)c1. The number of benzene rings is 2. The summed E-state index contributed by atoms with van der Waals surface area (Å²) in [6, 6.07) is 13.7. The molecule has 0 saturated heterocycles. The number of carboxylic acids is 1. The number of rotatable bonds is 10. The van der Waals surface area contributed by atoms with Crippen LogP contribution < -0.4 is 9.46 Å². The zero-order chi connectivity index (χ0) is 19.0. The van der Waals surface area contributed by atoms with E-state index >= 15 is 0 Å². The van der Waals surface area contributed by atoms with Crippen molar-refractivity contribution in [2.75, 3.05) is 24.2 Å². The number of sulfonamides is 1. The number of ether oxygens (including phenoxy) is 2. The Labute approximate surface area is 152 Å². The van der Waals surface area contributed by atoms with E-state index < -0.39 is 16.0 Å². The summed E-state index contributed by atoms with van der Waals surface area (Å²) in [5.41, 5.74) is 0.840. The van der Waals surface area contributed by atoms with Crippen LogP contribution in [0.15, 0.2) is 48.5 Å². The summed E-state index contributed by atoms with van der Waals surface area (Å²) in [4.78, 5) is 11.2. The lowest BCUT2D eigenvalue weighted by molar-refractivity contribution is 0.0698. The Balaban J connectivity index is 1.89. The molecule has 2 aromatic carbocycles. The molecule has 2 N–H and O–H groups in total. The Hall–Kier alpha value is -2.58. The number of hydrogen-bond acceptors (Lipinski definition) is 5. The van der Waals surface area contributed by atoms with Crippen molar-refractivity contribution in [1.29, 1.82) is 0 Å². The van der Waals surface area contributed by atoms with E-state index in [-0.39, 0.29) is 30.0 Å². The fourth-order valence-corrected chi connectivity index (χ4v) is 3.36. The molecule has 0 aliphatic heterocycles. The Morgan fingerprint density at radius 1 is 1.15 bits per heavy atom. The molecule has 0 saturated carbocycles. The van der Waals surface area contributed by atoms with Crippen molar-refractivity contribution >= 4 is 21.7 Å². The summed E-state index contributed by atoms with van der Waals surface area (Å²) in [7, 11) is -2.29. The molecule has 0 aliphatic carbocycles. The van der Waals surface area contributed by atoms with Gasteiger partial charge in [-0.2, -0.15) is 0 Å². The van der Waals surface area contributed by atoms with Crippen LogP contribution in [-0.2, 0) is 21.4 Å². The maximum absolute atomic E-state index is 12.2. The van der Waals surface area contributed by atoms with Crippen molar-refractivity contribution in [3.63, 3.8) is 0 Å². The molecule has 0 bridgehead atoms. The van der Waals surface area contributed by atoms with Crippen LogP contribution in [0.2, 0.25) is 0 Å². The highest BCUT2D eigenvalue weighted by molar-refractivity contribution is 7.92. The monoisotopic (exact) mass is 379 g/mol. The highest BCUT2D eigenvalue weighted by atomic mass is 32.2. The fourth-order valence-electron chi connectivity index (χ4n) is 2.26. The first-order valence-corrected chi connectivity index (χ1v) is 9.60. The molecule has 0 heterocycles. The highest BCUT2D eigenvalue weighted by Crippen LogP contribution is 2.23. The minimum absolute atomic E-state index is 0.0259. The van der Waals surface area contributed by atoms with Gasteiger partial charge in [-0.3, -0.25) is 4.72 Å². The van der Waals surface area contributed by atoms with Crippen molar-refractivity contribution in [3.05, 3.63) is 59.7 Å². The largest absolute Gasteiger partial charge is 0.497 e. The van der Waals surface area contributed by atoms with Crippen LogP contribution in [0.5, 0.6) is 5.75 Å². The van der Waals surface area contributed by atoms with Gasteiger partial charge in [-0.1, -0.05) is 30.3 Å². The second kappa shape index (κ2) is 9.21. The molecule has 0 aromatic heterocycles. The predicted molar refractivity (Wildman–Crippen MR) is 98.1 cm³/mol. The zero-order valence-electron chi connectivity index (χ0n) is 14.3. The number of hydrogen-bond donors (Lipinski definition) is 2. The predicted octanol–water partition coefficient (Wildman–Crippen LogP) is 2.74. The van der Waals surface area contributed by atoms with Gasteiger partial charge in [0.2, 0.25) is 10.0 Å². The molecule has 2 aromatic rings. The molecule has 0 atom stereocenters. The van der Waals surface area contributed by atoms with Crippen LogP contribution in [-0.4, -0.2) is 39.0 Å². The van der Waals surface area contributed by atoms with E-state index in [9.17, 15) is 18.3 Å². The summed E-state index contributed by atoms with van der Waals surface area (Å²) < 4.78 is 37.2. The van der Waals surface area contributed by atoms with E-state index in [0.29, 0.717) is 12.4 Å². The van der Waals surface area contributed by atoms with Gasteiger partial charge in [-0.05, 0) is 24.1 Å². The molecule has 0 aliphatic rings. The van der Waals surface area contributed by atoms with E-state index in [4.69, 9.17) is 9.47 Å². The second-order valence-corrected chi connectivity index (χ2v) is 7.37. The van der Waals surface area contributed by atoms with E-state index in [1.54, 1.807) is 0 Å². The first-order chi connectivity index (χ1) is 12.4. The highest BCUT2D eigenvalue weighted by Gasteiger charge is 2.17. The van der Waals surface area contributed by atoms with E-state index in [1.165, 1.54) is 25.3 Å². The van der Waals surface area contributed by atoms with Crippen molar-refractivity contribution in [2.45, 2.75) is 13.0 Å². The topological polar surface area (TPSA) is 102 Å². The number of carboxylic acid groups (broad SMARTS) is 1. The first kappa shape index (κ1) is 19.7. The quantitative estimate of drug-likeness (QED) is 0.616. The zero-order valence-corrected chi connectivity index (χ0v) is 15.2. The summed E-state index contributed by atoms with van der Waals surface area (Å²) in [6.07, 6.45) is 0.286. The Morgan fingerprint density at radius 2 is 1.88 bits per heavy atom. The molecule has 26 heavy (non-hydrogen) atoms. The molecule has 0 unspecified atom stereocenters. The molecular weight excluding hydrogens is 358 g/mol. The molecular formula is C18H21NO6S. The van der Waals surface area contributed by atoms with Crippen molar-refractivity contribution in [3.8, 4) is 5.75 Å². The van der Waals surface area contributed by atoms with Crippen LogP contribution >= 0.6 is 0 Å². The van der Waals surface area contributed by atoms with Crippen molar-refractivity contribution in [2.24, 2.45) is 0 Å². The third-order valence-electron chi connectivity index (χ3n) is 3.54. The van der Waals surface area contributed by atoms with Crippen molar-refractivity contribution < 1.29 is 27.8 Å². The molecule has 140 valence electrons. The lowest BCUT2D eigenvalue weighted by Crippen LogP contribution is -2.19. The van der Waals surface area contributed by atoms with Crippen molar-refractivity contribution in [1.82, 2.24) is 0 Å². The average molecular weight is 379 g/mol. The summed E-state index contributed by atoms with van der Waals surface area (Å²) in [5, 5.41) is 9.18. The summed E-state index contributed by atoms with van der Waals surface area (Å²) in [6.45, 7) is 0.688. The van der Waals surface area contributed by atoms with Gasteiger partial charge in [0.25, 0.3) is 0 Å². The lowest BCUT2D eigenvalue weighted by Gasteiger charge is -2.12. The Bertz CT molecular complexity index is 836. The minimum atomic E-state index is -3.71. The molecule has 2 rings (SSSR count). The number of carbonyl (C=O) groups is 1. The fraction of sp³-hybridized carbons (Fsp3) is 0.278. The van der Waals surface area contributed by atoms with Crippen LogP contribution in [0.25, 0.3) is 0 Å². The van der Waals surface area contributed by atoms with Gasteiger partial charge >= 0.3 is 5.97 Å². The molecule has 8 heteroatoms. The third kappa shape index (κ3) is 6.05. The smallest absolute Gasteiger partial charge is 0.337 e. The second-order valence-electron chi connectivity index (χ2n) is 5.53. The van der Waals surface area contributed by atoms with Gasteiger partial charge in [0.15, 0.2) is 0 Å². The summed E-state index contributed by atoms with van der Waals surface area (Å²) >= 11 is 0. The van der Waals surface area contributed by atoms with Gasteiger partial charge in [-0.25, -0.2) is 13.2 Å². The summed E-state index contributed by atoms with van der Waals surface area (Å²) in [5.74, 6) is -1.05. The van der Waals surface area contributed by atoms with E-state index in [2.05, 4.69) is 4.72 Å². The minimum Gasteiger partial charge on any atom is -0.497 e. The van der Waals surface area contributed by atoms with E-state index in [1.807, 2.05) is 30.3 Å². The maximum atomic E-state index is 12.2. The number of nitrogens with one attached hydrogen (secondary N) is 1. The Morgan fingerprint density at radius 3 is 2.54 bits per heavy atom. The maximum Gasteiger partial charge on any atom is 0.337 e. The van der Waals surface area contributed by atoms with Gasteiger partial charge in [0.1, 0.15) is 5.75 Å². The van der Waals surface area contributed by atoms with Crippen LogP contribution in [0.3, 0.4) is 0 Å². The molecule has 7 nitrogen and oxygen atoms in total. The standard InChI is InChI=1S/C18H21NO6S/c1-24-15-8-9-16(18(20)21)17(12-15)19-26(22,23)11-5-10-25-13-14-6-3-2-4-7-14/h2-4,6-9,12,19H,5,10-11,13H2,1H3,(H,20,21). The molecule has 0 amide bonds. The number of aromatic carboxylic acids is 1. The first-order valence-electron chi connectivity index (χ1n) is 7.95. The van der Waals surface area contributed by atoms with Gasteiger partial charge < -0.3 is 14.6 Å². The molecule has 0 spiro atoms. The van der Waals surface area contributed by atoms with Crippen LogP contribution in [0, 0.1) is 0 Å². The molecule has 0 radical (unpaired) electrons. The number of methoxy groups -OCH3 is 1. The Kier molecular flexibility index (Phi) is 6.99. The lowest BCUT2D eigenvalue weighted by atomic mass is 10.2. The number of anilines is 1. The van der Waals surface area contributed by atoms with E-state index in [0.717, 1.165) is 5.56 Å². The van der Waals surface area contributed by atoms with Crippen LogP contribution in [0.4, 0.5) is 5.69 Å². The van der Waals surface area contributed by atoms with Gasteiger partial charge in [-0.15, -0.1) is 0 Å².